The number of ether oxygens (including phenoxy) is 3. The molecule has 4 N–H and O–H groups in total. The molecule has 0 amide bonds. The average Bonchev–Trinajstić information content (AvgIpc) is 3.74. The highest BCUT2D eigenvalue weighted by Gasteiger charge is 2.45. The molecule has 21 heteroatoms. The minimum atomic E-state index is -4.55. The Labute approximate surface area is 299 Å². The van der Waals surface area contributed by atoms with E-state index >= 15 is 0 Å². The van der Waals surface area contributed by atoms with Gasteiger partial charge in [0, 0.05) is 45.7 Å². The minimum absolute atomic E-state index is 0.0284. The van der Waals surface area contributed by atoms with Crippen LogP contribution >= 0.6 is 23.2 Å². The van der Waals surface area contributed by atoms with E-state index in [2.05, 4.69) is 24.2 Å². The Bertz CT molecular complexity index is 2680. The number of fused-ring (bicyclic) bond motifs is 3. The van der Waals surface area contributed by atoms with E-state index in [-0.39, 0.29) is 27.0 Å². The molecule has 0 unspecified atom stereocenters. The SMILES string of the molecule is COc1ccc2c(S(=O)(=O)Nc3cc(F)c(Cl)cc3F)c(F)[nH]c2c1.N#Cc1cc(NS(=O)(=O)c2c[nH]c3cc(Cl)ccc23)c2c(c1)OC(F)(F)O2. The Balaban J connectivity index is 0.000000179. The second-order valence-corrected chi connectivity index (χ2v) is 14.7. The lowest BCUT2D eigenvalue weighted by Crippen LogP contribution is -2.26. The van der Waals surface area contributed by atoms with Crippen molar-refractivity contribution in [1.29, 1.82) is 5.26 Å². The first-order valence-electron chi connectivity index (χ1n) is 14.1. The smallest absolute Gasteiger partial charge is 0.497 e. The first-order valence-corrected chi connectivity index (χ1v) is 17.8. The molecule has 52 heavy (non-hydrogen) atoms. The van der Waals surface area contributed by atoms with Gasteiger partial charge in [-0.1, -0.05) is 23.2 Å². The van der Waals surface area contributed by atoms with E-state index in [0.29, 0.717) is 33.8 Å². The Hall–Kier alpha value is -5.42. The number of aromatic amines is 2. The molecule has 0 bridgehead atoms. The summed E-state index contributed by atoms with van der Waals surface area (Å²) in [6.45, 7) is 0. The molecular formula is C31H18Cl2F5N5O7S2. The van der Waals surface area contributed by atoms with E-state index in [9.17, 15) is 38.8 Å². The van der Waals surface area contributed by atoms with Crippen LogP contribution in [0.25, 0.3) is 21.8 Å². The van der Waals surface area contributed by atoms with Gasteiger partial charge < -0.3 is 24.2 Å². The van der Waals surface area contributed by atoms with Crippen LogP contribution in [0.4, 0.5) is 33.3 Å². The van der Waals surface area contributed by atoms with Crippen LogP contribution in [0.2, 0.25) is 10.0 Å². The number of methoxy groups -OCH3 is 1. The molecule has 0 spiro atoms. The highest BCUT2D eigenvalue weighted by Crippen LogP contribution is 2.47. The quantitative estimate of drug-likeness (QED) is 0.0932. The standard InChI is InChI=1S/C16H8ClF2N3O4S.C15H10ClF3N2O3S/c17-9-1-2-10-11(5-9)21-7-14(10)27(23,24)22-12-3-8(6-20)4-13-15(12)26-16(18,19)25-13;1-24-7-2-3-8-12(4-7)20-15(19)14(8)25(22,23)21-13-6-10(17)9(16)5-11(13)18/h1-5,7,21-22H;2-6,20-21H,1H3. The summed E-state index contributed by atoms with van der Waals surface area (Å²) >= 11 is 11.3. The number of hydrogen-bond acceptors (Lipinski definition) is 8. The van der Waals surface area contributed by atoms with E-state index in [1.807, 2.05) is 4.72 Å². The van der Waals surface area contributed by atoms with Gasteiger partial charge in [-0.2, -0.15) is 9.65 Å². The monoisotopic (exact) mass is 801 g/mol. The number of benzene rings is 4. The van der Waals surface area contributed by atoms with E-state index in [1.165, 1.54) is 43.6 Å². The van der Waals surface area contributed by atoms with Gasteiger partial charge in [-0.25, -0.2) is 25.6 Å². The molecule has 12 nitrogen and oxygen atoms in total. The third-order valence-electron chi connectivity index (χ3n) is 7.21. The van der Waals surface area contributed by atoms with Crippen LogP contribution in [-0.2, 0) is 20.0 Å². The van der Waals surface area contributed by atoms with Crippen molar-refractivity contribution in [3.63, 3.8) is 0 Å². The lowest BCUT2D eigenvalue weighted by molar-refractivity contribution is -0.286. The topological polar surface area (TPSA) is 175 Å². The highest BCUT2D eigenvalue weighted by molar-refractivity contribution is 7.93. The number of rotatable bonds is 7. The molecule has 3 heterocycles. The van der Waals surface area contributed by atoms with Gasteiger partial charge in [-0.05, 0) is 42.5 Å². The summed E-state index contributed by atoms with van der Waals surface area (Å²) in [6, 6.07) is 13.8. The van der Waals surface area contributed by atoms with E-state index in [0.717, 1.165) is 12.1 Å². The van der Waals surface area contributed by atoms with E-state index < -0.39 is 71.0 Å². The van der Waals surface area contributed by atoms with Crippen molar-refractivity contribution in [2.75, 3.05) is 16.6 Å². The number of alkyl halides is 2. The van der Waals surface area contributed by atoms with E-state index in [1.54, 1.807) is 12.1 Å². The molecule has 0 atom stereocenters. The third-order valence-corrected chi connectivity index (χ3v) is 10.6. The number of halogens is 7. The Morgan fingerprint density at radius 2 is 1.56 bits per heavy atom. The van der Waals surface area contributed by atoms with Crippen LogP contribution in [0.1, 0.15) is 5.56 Å². The summed E-state index contributed by atoms with van der Waals surface area (Å²) in [4.78, 5) is 4.20. The van der Waals surface area contributed by atoms with Crippen LogP contribution in [0.15, 0.2) is 76.7 Å². The molecule has 4 aromatic carbocycles. The molecule has 0 saturated heterocycles. The summed E-state index contributed by atoms with van der Waals surface area (Å²) < 4.78 is 136. The van der Waals surface area contributed by atoms with Gasteiger partial charge in [-0.3, -0.25) is 9.44 Å². The van der Waals surface area contributed by atoms with Crippen molar-refractivity contribution >= 4 is 76.4 Å². The number of nitrogens with one attached hydrogen (secondary N) is 4. The van der Waals surface area contributed by atoms with Crippen molar-refractivity contribution in [2.45, 2.75) is 16.1 Å². The third kappa shape index (κ3) is 7.05. The molecule has 0 saturated carbocycles. The largest absolute Gasteiger partial charge is 0.586 e. The number of anilines is 2. The van der Waals surface area contributed by atoms with Crippen molar-refractivity contribution in [3.8, 4) is 23.3 Å². The fourth-order valence-electron chi connectivity index (χ4n) is 4.99. The maximum Gasteiger partial charge on any atom is 0.586 e. The van der Waals surface area contributed by atoms with Gasteiger partial charge in [0.1, 0.15) is 27.2 Å². The van der Waals surface area contributed by atoms with E-state index in [4.69, 9.17) is 33.2 Å². The Kier molecular flexibility index (Phi) is 9.29. The van der Waals surface area contributed by atoms with Crippen LogP contribution < -0.4 is 23.7 Å². The maximum absolute atomic E-state index is 14.2. The number of nitrogens with zero attached hydrogens (tertiary/aromatic N) is 1. The summed E-state index contributed by atoms with van der Waals surface area (Å²) in [6.07, 6.45) is -2.72. The van der Waals surface area contributed by atoms with Crippen molar-refractivity contribution < 1.29 is 53.0 Å². The zero-order valence-electron chi connectivity index (χ0n) is 25.6. The first-order chi connectivity index (χ1) is 24.4. The molecular weight excluding hydrogens is 784 g/mol. The van der Waals surface area contributed by atoms with Crippen molar-refractivity contribution in [2.24, 2.45) is 0 Å². The Morgan fingerprint density at radius 1 is 0.846 bits per heavy atom. The first kappa shape index (κ1) is 36.4. The number of sulfonamides is 2. The van der Waals surface area contributed by atoms with Crippen LogP contribution in [-0.4, -0.2) is 40.2 Å². The normalized spacial score (nSPS) is 13.4. The number of H-pyrrole nitrogens is 2. The fraction of sp³-hybridized carbons (Fsp3) is 0.0645. The van der Waals surface area contributed by atoms with Gasteiger partial charge in [0.05, 0.1) is 40.7 Å². The van der Waals surface area contributed by atoms with Gasteiger partial charge >= 0.3 is 6.29 Å². The molecule has 1 aliphatic heterocycles. The molecule has 7 rings (SSSR count). The maximum atomic E-state index is 14.2. The predicted molar refractivity (Wildman–Crippen MR) is 178 cm³/mol. The number of hydrogen-bond donors (Lipinski definition) is 4. The number of nitriles is 1. The second kappa shape index (κ2) is 13.3. The predicted octanol–water partition coefficient (Wildman–Crippen LogP) is 7.86. The molecule has 0 aliphatic carbocycles. The zero-order valence-corrected chi connectivity index (χ0v) is 28.8. The van der Waals surface area contributed by atoms with Gasteiger partial charge in [-0.15, -0.1) is 8.78 Å². The highest BCUT2D eigenvalue weighted by atomic mass is 35.5. The van der Waals surface area contributed by atoms with Crippen LogP contribution in [0.5, 0.6) is 17.2 Å². The van der Waals surface area contributed by atoms with Gasteiger partial charge in [0.2, 0.25) is 5.95 Å². The Morgan fingerprint density at radius 3 is 2.27 bits per heavy atom. The summed E-state index contributed by atoms with van der Waals surface area (Å²) in [5, 5.41) is 9.32. The molecule has 0 fully saturated rings. The lowest BCUT2D eigenvalue weighted by Gasteiger charge is -2.10. The molecule has 0 radical (unpaired) electrons. The second-order valence-electron chi connectivity index (χ2n) is 10.6. The van der Waals surface area contributed by atoms with Crippen molar-refractivity contribution in [1.82, 2.24) is 9.97 Å². The summed E-state index contributed by atoms with van der Waals surface area (Å²) in [5.74, 6) is -3.84. The lowest BCUT2D eigenvalue weighted by atomic mass is 10.2. The summed E-state index contributed by atoms with van der Waals surface area (Å²) in [5.41, 5.74) is -0.475. The molecule has 6 aromatic rings. The number of aromatic nitrogens is 2. The van der Waals surface area contributed by atoms with Crippen LogP contribution in [0, 0.1) is 28.9 Å². The zero-order chi connectivity index (χ0) is 37.7. The van der Waals surface area contributed by atoms with Crippen LogP contribution in [0.3, 0.4) is 0 Å². The minimum Gasteiger partial charge on any atom is -0.497 e. The van der Waals surface area contributed by atoms with Gasteiger partial charge in [0.25, 0.3) is 20.0 Å². The summed E-state index contributed by atoms with van der Waals surface area (Å²) in [7, 11) is -7.35. The molecule has 1 aliphatic rings. The van der Waals surface area contributed by atoms with Gasteiger partial charge in [0.15, 0.2) is 11.5 Å². The fourth-order valence-corrected chi connectivity index (χ4v) is 7.85. The molecule has 270 valence electrons. The average molecular weight is 803 g/mol. The molecule has 2 aromatic heterocycles. The van der Waals surface area contributed by atoms with Crippen molar-refractivity contribution in [3.05, 3.63) is 100 Å².